The Labute approximate surface area is 171 Å². The maximum absolute atomic E-state index is 11.5. The lowest BCUT2D eigenvalue weighted by atomic mass is 9.89. The van der Waals surface area contributed by atoms with Gasteiger partial charge >= 0.3 is 5.69 Å². The Bertz CT molecular complexity index is 708. The molecule has 1 aliphatic rings. The lowest BCUT2D eigenvalue weighted by molar-refractivity contribution is -0.385. The van der Waals surface area contributed by atoms with E-state index in [2.05, 4.69) is 0 Å². The molecule has 4 atom stereocenters. The van der Waals surface area contributed by atoms with Crippen molar-refractivity contribution in [1.82, 2.24) is 0 Å². The molecule has 0 aliphatic carbocycles. The van der Waals surface area contributed by atoms with Crippen LogP contribution in [0.5, 0.6) is 11.5 Å². The highest BCUT2D eigenvalue weighted by Crippen LogP contribution is 2.43. The van der Waals surface area contributed by atoms with Gasteiger partial charge in [0.1, 0.15) is 11.9 Å². The van der Waals surface area contributed by atoms with Gasteiger partial charge in [-0.1, -0.05) is 6.92 Å². The summed E-state index contributed by atoms with van der Waals surface area (Å²) in [6.07, 6.45) is -0.323. The van der Waals surface area contributed by atoms with Gasteiger partial charge in [0.2, 0.25) is 5.75 Å². The molecule has 1 aliphatic heterocycles. The summed E-state index contributed by atoms with van der Waals surface area (Å²) in [5.74, 6) is -0.267. The summed E-state index contributed by atoms with van der Waals surface area (Å²) in [4.78, 5) is 11.0. The molecule has 0 bridgehead atoms. The van der Waals surface area contributed by atoms with Gasteiger partial charge in [-0.15, -0.1) is 0 Å². The molecule has 0 spiro atoms. The molecule has 1 aromatic carbocycles. The molecular weight excluding hydrogens is 382 g/mol. The van der Waals surface area contributed by atoms with Crippen LogP contribution in [0.25, 0.3) is 0 Å². The predicted octanol–water partition coefficient (Wildman–Crippen LogP) is 3.49. The van der Waals surface area contributed by atoms with Gasteiger partial charge in [0, 0.05) is 19.8 Å². The summed E-state index contributed by atoms with van der Waals surface area (Å²) in [5, 5.41) is 11.5. The summed E-state index contributed by atoms with van der Waals surface area (Å²) in [6, 6.07) is 3.05. The summed E-state index contributed by atoms with van der Waals surface area (Å²) in [7, 11) is 6.05. The molecule has 0 N–H and O–H groups in total. The quantitative estimate of drug-likeness (QED) is 0.448. The van der Waals surface area contributed by atoms with E-state index in [9.17, 15) is 10.1 Å². The number of nitro benzene ring substituents is 1. The summed E-state index contributed by atoms with van der Waals surface area (Å²) >= 11 is 0. The third-order valence-corrected chi connectivity index (χ3v) is 5.14. The number of rotatable bonds is 9. The van der Waals surface area contributed by atoms with Crippen LogP contribution in [0.2, 0.25) is 0 Å². The van der Waals surface area contributed by atoms with Gasteiger partial charge < -0.3 is 28.4 Å². The van der Waals surface area contributed by atoms with Crippen molar-refractivity contribution in [3.8, 4) is 11.5 Å². The van der Waals surface area contributed by atoms with E-state index in [1.54, 1.807) is 20.3 Å². The number of hydrogen-bond donors (Lipinski definition) is 0. The first-order valence-corrected chi connectivity index (χ1v) is 9.45. The van der Waals surface area contributed by atoms with Gasteiger partial charge in [0.15, 0.2) is 5.79 Å². The predicted molar refractivity (Wildman–Crippen MR) is 105 cm³/mol. The van der Waals surface area contributed by atoms with Gasteiger partial charge in [0.25, 0.3) is 0 Å². The molecule has 0 radical (unpaired) electrons. The number of nitrogens with zero attached hydrogens (tertiary/aromatic N) is 1. The Kier molecular flexibility index (Phi) is 7.81. The minimum atomic E-state index is -0.714. The molecule has 0 saturated carbocycles. The highest BCUT2D eigenvalue weighted by molar-refractivity contribution is 5.57. The molecule has 9 heteroatoms. The second-order valence-corrected chi connectivity index (χ2v) is 7.54. The van der Waals surface area contributed by atoms with Crippen LogP contribution in [0, 0.1) is 16.0 Å². The molecule has 164 valence electrons. The average Bonchev–Trinajstić information content (AvgIpc) is 2.67. The Morgan fingerprint density at radius 3 is 2.45 bits per heavy atom. The van der Waals surface area contributed by atoms with Crippen molar-refractivity contribution in [2.45, 2.75) is 51.3 Å². The Balaban J connectivity index is 2.36. The SMILES string of the molecule is COc1cc([C@H](OC)[C@@H](C)C[C@H]2OC(C)(C)OC[C@H]2OC)c(OC)c([N+](=O)[O-])c1. The van der Waals surface area contributed by atoms with Gasteiger partial charge in [-0.3, -0.25) is 10.1 Å². The van der Waals surface area contributed by atoms with Crippen molar-refractivity contribution in [2.24, 2.45) is 5.92 Å². The van der Waals surface area contributed by atoms with Gasteiger partial charge in [-0.25, -0.2) is 0 Å². The lowest BCUT2D eigenvalue weighted by Gasteiger charge is -2.42. The smallest absolute Gasteiger partial charge is 0.315 e. The van der Waals surface area contributed by atoms with E-state index in [0.29, 0.717) is 24.3 Å². The van der Waals surface area contributed by atoms with Crippen molar-refractivity contribution in [1.29, 1.82) is 0 Å². The molecule has 0 aromatic heterocycles. The molecule has 0 amide bonds. The van der Waals surface area contributed by atoms with Crippen LogP contribution in [0.4, 0.5) is 5.69 Å². The minimum absolute atomic E-state index is 0.0721. The van der Waals surface area contributed by atoms with E-state index in [1.165, 1.54) is 20.3 Å². The van der Waals surface area contributed by atoms with Crippen molar-refractivity contribution in [3.63, 3.8) is 0 Å². The standard InChI is InChI=1S/C20H31NO8/c1-12(8-16-17(25-5)11-28-20(2,3)29-16)18(26-6)14-9-13(24-4)10-15(21(22)23)19(14)27-7/h9-10,12,16-18H,8,11H2,1-7H3/t12-,16+,17+,18+/m0/s1. The molecule has 1 heterocycles. The van der Waals surface area contributed by atoms with E-state index >= 15 is 0 Å². The summed E-state index contributed by atoms with van der Waals surface area (Å²) in [5.41, 5.74) is 0.378. The zero-order valence-electron chi connectivity index (χ0n) is 18.1. The molecule has 1 fully saturated rings. The number of hydrogen-bond acceptors (Lipinski definition) is 8. The lowest BCUT2D eigenvalue weighted by Crippen LogP contribution is -2.50. The third-order valence-electron chi connectivity index (χ3n) is 5.14. The van der Waals surface area contributed by atoms with Crippen molar-refractivity contribution >= 4 is 5.69 Å². The molecule has 0 unspecified atom stereocenters. The van der Waals surface area contributed by atoms with Crippen LogP contribution in [0.3, 0.4) is 0 Å². The number of nitro groups is 1. The van der Waals surface area contributed by atoms with Crippen LogP contribution >= 0.6 is 0 Å². The Morgan fingerprint density at radius 1 is 1.24 bits per heavy atom. The molecular formula is C20H31NO8. The van der Waals surface area contributed by atoms with Crippen LogP contribution in [-0.2, 0) is 18.9 Å². The zero-order chi connectivity index (χ0) is 21.8. The molecule has 9 nitrogen and oxygen atoms in total. The summed E-state index contributed by atoms with van der Waals surface area (Å²) < 4.78 is 33.7. The monoisotopic (exact) mass is 413 g/mol. The number of ether oxygens (including phenoxy) is 6. The van der Waals surface area contributed by atoms with E-state index in [1.807, 2.05) is 20.8 Å². The fourth-order valence-corrected chi connectivity index (χ4v) is 3.74. The van der Waals surface area contributed by atoms with Crippen LogP contribution < -0.4 is 9.47 Å². The molecule has 2 rings (SSSR count). The molecule has 29 heavy (non-hydrogen) atoms. The summed E-state index contributed by atoms with van der Waals surface area (Å²) in [6.45, 7) is 6.14. The maximum Gasteiger partial charge on any atom is 0.315 e. The fraction of sp³-hybridized carbons (Fsp3) is 0.700. The highest BCUT2D eigenvalue weighted by atomic mass is 16.7. The van der Waals surface area contributed by atoms with Gasteiger partial charge in [0.05, 0.1) is 44.0 Å². The Morgan fingerprint density at radius 2 is 1.93 bits per heavy atom. The van der Waals surface area contributed by atoms with E-state index in [-0.39, 0.29) is 29.6 Å². The average molecular weight is 413 g/mol. The van der Waals surface area contributed by atoms with Crippen molar-refractivity contribution < 1.29 is 33.3 Å². The van der Waals surface area contributed by atoms with Gasteiger partial charge in [-0.2, -0.15) is 0 Å². The fourth-order valence-electron chi connectivity index (χ4n) is 3.74. The van der Waals surface area contributed by atoms with Crippen molar-refractivity contribution in [2.75, 3.05) is 35.0 Å². The number of methoxy groups -OCH3 is 4. The minimum Gasteiger partial charge on any atom is -0.496 e. The maximum atomic E-state index is 11.5. The number of benzene rings is 1. The topological polar surface area (TPSA) is 98.5 Å². The zero-order valence-corrected chi connectivity index (χ0v) is 18.1. The molecule has 1 saturated heterocycles. The second kappa shape index (κ2) is 9.71. The van der Waals surface area contributed by atoms with Crippen LogP contribution in [0.15, 0.2) is 12.1 Å². The molecule has 1 aromatic rings. The first kappa shape index (κ1) is 23.3. The first-order chi connectivity index (χ1) is 13.7. The van der Waals surface area contributed by atoms with Gasteiger partial charge in [-0.05, 0) is 32.3 Å². The van der Waals surface area contributed by atoms with E-state index in [4.69, 9.17) is 28.4 Å². The largest absolute Gasteiger partial charge is 0.496 e. The van der Waals surface area contributed by atoms with Crippen LogP contribution in [0.1, 0.15) is 38.9 Å². The normalized spacial score (nSPS) is 23.3. The highest BCUT2D eigenvalue weighted by Gasteiger charge is 2.39. The Hall–Kier alpha value is -1.94. The van der Waals surface area contributed by atoms with E-state index < -0.39 is 16.8 Å². The van der Waals surface area contributed by atoms with E-state index in [0.717, 1.165) is 0 Å². The van der Waals surface area contributed by atoms with Crippen molar-refractivity contribution in [3.05, 3.63) is 27.8 Å². The van der Waals surface area contributed by atoms with Crippen LogP contribution in [-0.4, -0.2) is 58.0 Å². The second-order valence-electron chi connectivity index (χ2n) is 7.54. The first-order valence-electron chi connectivity index (χ1n) is 9.45. The third kappa shape index (κ3) is 5.36.